The van der Waals surface area contributed by atoms with Crippen molar-refractivity contribution in [3.05, 3.63) is 35.4 Å². The van der Waals surface area contributed by atoms with Crippen molar-refractivity contribution >= 4 is 0 Å². The van der Waals surface area contributed by atoms with Crippen molar-refractivity contribution in [2.75, 3.05) is 26.2 Å². The van der Waals surface area contributed by atoms with Gasteiger partial charge in [-0.25, -0.2) is 0 Å². The maximum Gasteiger partial charge on any atom is 0.0377 e. The van der Waals surface area contributed by atoms with Crippen molar-refractivity contribution in [3.63, 3.8) is 0 Å². The van der Waals surface area contributed by atoms with Crippen LogP contribution < -0.4 is 5.32 Å². The number of hydrogen-bond acceptors (Lipinski definition) is 2. The van der Waals surface area contributed by atoms with Crippen LogP contribution in [0.1, 0.15) is 62.6 Å². The highest BCUT2D eigenvalue weighted by molar-refractivity contribution is 5.27. The Morgan fingerprint density at radius 3 is 2.10 bits per heavy atom. The van der Waals surface area contributed by atoms with E-state index in [1.807, 2.05) is 0 Å². The van der Waals surface area contributed by atoms with E-state index in [4.69, 9.17) is 0 Å². The molecule has 1 aromatic carbocycles. The second-order valence-electron chi connectivity index (χ2n) is 7.10. The zero-order chi connectivity index (χ0) is 14.7. The Kier molecular flexibility index (Phi) is 4.97. The van der Waals surface area contributed by atoms with Crippen LogP contribution in [0, 0.1) is 5.92 Å². The highest BCUT2D eigenvalue weighted by Gasteiger charge is 2.31. The number of hydrogen-bond donors (Lipinski definition) is 1. The van der Waals surface area contributed by atoms with Gasteiger partial charge in [0, 0.05) is 32.2 Å². The Morgan fingerprint density at radius 1 is 0.952 bits per heavy atom. The molecule has 2 nitrogen and oxygen atoms in total. The highest BCUT2D eigenvalue weighted by Crippen LogP contribution is 2.39. The molecule has 0 amide bonds. The molecule has 0 aromatic heterocycles. The molecule has 0 bridgehead atoms. The lowest BCUT2D eigenvalue weighted by atomic mass is 9.88. The SMILES string of the molecule is CC(C)c1ccc([C@H](C2CCCC2)N2CCNCC2)cc1. The van der Waals surface area contributed by atoms with Gasteiger partial charge in [-0.3, -0.25) is 4.90 Å². The third kappa shape index (κ3) is 3.49. The fourth-order valence-corrected chi connectivity index (χ4v) is 4.09. The molecule has 21 heavy (non-hydrogen) atoms. The average molecular weight is 286 g/mol. The predicted molar refractivity (Wildman–Crippen MR) is 89.7 cm³/mol. The van der Waals surface area contributed by atoms with Crippen molar-refractivity contribution in [1.29, 1.82) is 0 Å². The van der Waals surface area contributed by atoms with E-state index in [0.29, 0.717) is 12.0 Å². The van der Waals surface area contributed by atoms with Gasteiger partial charge >= 0.3 is 0 Å². The molecule has 116 valence electrons. The minimum Gasteiger partial charge on any atom is -0.314 e. The van der Waals surface area contributed by atoms with Gasteiger partial charge < -0.3 is 5.32 Å². The Balaban J connectivity index is 1.82. The topological polar surface area (TPSA) is 15.3 Å². The van der Waals surface area contributed by atoms with Crippen LogP contribution in [0.15, 0.2) is 24.3 Å². The molecule has 1 aliphatic heterocycles. The molecule has 2 heteroatoms. The van der Waals surface area contributed by atoms with E-state index in [1.54, 1.807) is 5.56 Å². The van der Waals surface area contributed by atoms with E-state index < -0.39 is 0 Å². The summed E-state index contributed by atoms with van der Waals surface area (Å²) in [6, 6.07) is 10.2. The molecule has 1 aliphatic carbocycles. The van der Waals surface area contributed by atoms with E-state index in [1.165, 1.54) is 44.3 Å². The van der Waals surface area contributed by atoms with Crippen LogP contribution in [0.4, 0.5) is 0 Å². The van der Waals surface area contributed by atoms with Gasteiger partial charge in [0.2, 0.25) is 0 Å². The highest BCUT2D eigenvalue weighted by atomic mass is 15.2. The molecule has 1 saturated heterocycles. The Bertz CT molecular complexity index is 425. The molecule has 2 aliphatic rings. The number of rotatable bonds is 4. The molecule has 0 spiro atoms. The number of benzene rings is 1. The van der Waals surface area contributed by atoms with E-state index in [-0.39, 0.29) is 0 Å². The summed E-state index contributed by atoms with van der Waals surface area (Å²) in [4.78, 5) is 2.73. The van der Waals surface area contributed by atoms with Gasteiger partial charge in [-0.2, -0.15) is 0 Å². The summed E-state index contributed by atoms with van der Waals surface area (Å²) in [5.41, 5.74) is 3.01. The van der Waals surface area contributed by atoms with Crippen molar-refractivity contribution in [3.8, 4) is 0 Å². The van der Waals surface area contributed by atoms with Crippen LogP contribution in [0.25, 0.3) is 0 Å². The van der Waals surface area contributed by atoms with Gasteiger partial charge in [-0.1, -0.05) is 51.0 Å². The normalized spacial score (nSPS) is 22.8. The minimum absolute atomic E-state index is 0.628. The fourth-order valence-electron chi connectivity index (χ4n) is 4.09. The maximum absolute atomic E-state index is 3.49. The Morgan fingerprint density at radius 2 is 1.52 bits per heavy atom. The van der Waals surface area contributed by atoms with E-state index in [9.17, 15) is 0 Å². The third-order valence-electron chi connectivity index (χ3n) is 5.34. The molecule has 1 aromatic rings. The lowest BCUT2D eigenvalue weighted by molar-refractivity contribution is 0.125. The van der Waals surface area contributed by atoms with Gasteiger partial charge in [0.15, 0.2) is 0 Å². The molecular weight excluding hydrogens is 256 g/mol. The van der Waals surface area contributed by atoms with Crippen molar-refractivity contribution < 1.29 is 0 Å². The molecule has 0 radical (unpaired) electrons. The smallest absolute Gasteiger partial charge is 0.0377 e. The summed E-state index contributed by atoms with van der Waals surface area (Å²) in [6.07, 6.45) is 5.69. The monoisotopic (exact) mass is 286 g/mol. The zero-order valence-electron chi connectivity index (χ0n) is 13.6. The fraction of sp³-hybridized carbons (Fsp3) is 0.684. The second kappa shape index (κ2) is 6.93. The Labute approximate surface area is 129 Å². The number of nitrogens with zero attached hydrogens (tertiary/aromatic N) is 1. The molecule has 0 unspecified atom stereocenters. The van der Waals surface area contributed by atoms with Crippen LogP contribution >= 0.6 is 0 Å². The summed E-state index contributed by atoms with van der Waals surface area (Å²) < 4.78 is 0. The average Bonchev–Trinajstić information content (AvgIpc) is 3.03. The minimum atomic E-state index is 0.628. The number of nitrogens with one attached hydrogen (secondary N) is 1. The van der Waals surface area contributed by atoms with Crippen molar-refractivity contribution in [2.45, 2.75) is 51.5 Å². The summed E-state index contributed by atoms with van der Waals surface area (Å²) >= 11 is 0. The van der Waals surface area contributed by atoms with Gasteiger partial charge in [-0.15, -0.1) is 0 Å². The first-order valence-corrected chi connectivity index (χ1v) is 8.80. The van der Waals surface area contributed by atoms with Gasteiger partial charge in [-0.05, 0) is 35.8 Å². The molecule has 2 fully saturated rings. The first-order valence-electron chi connectivity index (χ1n) is 8.80. The standard InChI is InChI=1S/C19H30N2/c1-15(2)16-7-9-18(10-8-16)19(17-5-3-4-6-17)21-13-11-20-12-14-21/h7-10,15,17,19-20H,3-6,11-14H2,1-2H3/t19-/m0/s1. The van der Waals surface area contributed by atoms with Crippen LogP contribution in [-0.2, 0) is 0 Å². The van der Waals surface area contributed by atoms with Crippen LogP contribution in [0.2, 0.25) is 0 Å². The van der Waals surface area contributed by atoms with E-state index in [0.717, 1.165) is 19.0 Å². The number of piperazine rings is 1. The molecule has 3 rings (SSSR count). The predicted octanol–water partition coefficient (Wildman–Crippen LogP) is 3.95. The van der Waals surface area contributed by atoms with Crippen LogP contribution in [0.5, 0.6) is 0 Å². The molecule has 1 atom stereocenters. The van der Waals surface area contributed by atoms with Crippen molar-refractivity contribution in [1.82, 2.24) is 10.2 Å². The van der Waals surface area contributed by atoms with Gasteiger partial charge in [0.1, 0.15) is 0 Å². The molecule has 1 heterocycles. The zero-order valence-corrected chi connectivity index (χ0v) is 13.6. The lowest BCUT2D eigenvalue weighted by Crippen LogP contribution is -2.46. The summed E-state index contributed by atoms with van der Waals surface area (Å²) in [7, 11) is 0. The molecular formula is C19H30N2. The third-order valence-corrected chi connectivity index (χ3v) is 5.34. The second-order valence-corrected chi connectivity index (χ2v) is 7.10. The Hall–Kier alpha value is -0.860. The first-order chi connectivity index (χ1) is 10.3. The summed E-state index contributed by atoms with van der Waals surface area (Å²) in [5.74, 6) is 1.50. The van der Waals surface area contributed by atoms with Crippen LogP contribution in [0.3, 0.4) is 0 Å². The summed E-state index contributed by atoms with van der Waals surface area (Å²) in [5, 5.41) is 3.49. The largest absolute Gasteiger partial charge is 0.314 e. The first kappa shape index (κ1) is 15.1. The lowest BCUT2D eigenvalue weighted by Gasteiger charge is -2.38. The van der Waals surface area contributed by atoms with Gasteiger partial charge in [0.25, 0.3) is 0 Å². The van der Waals surface area contributed by atoms with E-state index in [2.05, 4.69) is 48.3 Å². The quantitative estimate of drug-likeness (QED) is 0.901. The van der Waals surface area contributed by atoms with Crippen LogP contribution in [-0.4, -0.2) is 31.1 Å². The van der Waals surface area contributed by atoms with E-state index >= 15 is 0 Å². The molecule has 1 N–H and O–H groups in total. The molecule has 1 saturated carbocycles. The van der Waals surface area contributed by atoms with Gasteiger partial charge in [0.05, 0.1) is 0 Å². The summed E-state index contributed by atoms with van der Waals surface area (Å²) in [6.45, 7) is 9.25. The van der Waals surface area contributed by atoms with Crippen molar-refractivity contribution in [2.24, 2.45) is 5.92 Å². The maximum atomic E-state index is 3.49.